The largest absolute Gasteiger partial charge is 0.341 e. The Bertz CT molecular complexity index is 608. The van der Waals surface area contributed by atoms with Crippen LogP contribution in [0.1, 0.15) is 40.9 Å². The van der Waals surface area contributed by atoms with Gasteiger partial charge < -0.3 is 5.32 Å². The quantitative estimate of drug-likeness (QED) is 0.854. The Labute approximate surface area is 110 Å². The van der Waals surface area contributed by atoms with Crippen LogP contribution >= 0.6 is 0 Å². The molecule has 0 aliphatic carbocycles. The smallest absolute Gasteiger partial charge is 0.272 e. The average Bonchev–Trinajstić information content (AvgIpc) is 2.88. The number of hydrogen-bond donors (Lipinski definition) is 1. The highest BCUT2D eigenvalue weighted by molar-refractivity contribution is 5.93. The summed E-state index contributed by atoms with van der Waals surface area (Å²) in [5.41, 5.74) is 0.983. The van der Waals surface area contributed by atoms with Gasteiger partial charge in [-0.2, -0.15) is 5.10 Å². The van der Waals surface area contributed by atoms with Gasteiger partial charge in [0.05, 0.1) is 11.7 Å². The summed E-state index contributed by atoms with van der Waals surface area (Å²) in [6, 6.07) is -0.106. The fourth-order valence-electron chi connectivity index (χ4n) is 2.28. The van der Waals surface area contributed by atoms with Crippen LogP contribution in [0.5, 0.6) is 0 Å². The zero-order chi connectivity index (χ0) is 13.2. The van der Waals surface area contributed by atoms with Gasteiger partial charge in [-0.1, -0.05) is 0 Å². The summed E-state index contributed by atoms with van der Waals surface area (Å²) >= 11 is 0. The number of nitrogens with one attached hydrogen (secondary N) is 1. The number of carbonyl (C=O) groups excluding carboxylic acids is 1. The molecule has 0 aromatic carbocycles. The lowest BCUT2D eigenvalue weighted by Gasteiger charge is -2.23. The third-order valence-electron chi connectivity index (χ3n) is 3.22. The molecule has 3 heterocycles. The van der Waals surface area contributed by atoms with Crippen molar-refractivity contribution in [1.82, 2.24) is 30.0 Å². The molecule has 2 aromatic heterocycles. The first-order chi connectivity index (χ1) is 9.25. The van der Waals surface area contributed by atoms with Crippen LogP contribution in [0.3, 0.4) is 0 Å². The second-order valence-corrected chi connectivity index (χ2v) is 4.50. The van der Waals surface area contributed by atoms with E-state index < -0.39 is 0 Å². The molecule has 7 nitrogen and oxygen atoms in total. The molecule has 0 fully saturated rings. The number of rotatable bonds is 2. The summed E-state index contributed by atoms with van der Waals surface area (Å²) in [5.74, 6) is 0.591. The van der Waals surface area contributed by atoms with Crippen LogP contribution in [-0.2, 0) is 6.54 Å². The van der Waals surface area contributed by atoms with Crippen LogP contribution in [0.15, 0.2) is 18.7 Å². The van der Waals surface area contributed by atoms with Crippen LogP contribution in [0.4, 0.5) is 0 Å². The van der Waals surface area contributed by atoms with Crippen molar-refractivity contribution in [3.05, 3.63) is 35.9 Å². The summed E-state index contributed by atoms with van der Waals surface area (Å²) in [4.78, 5) is 24.5. The van der Waals surface area contributed by atoms with Gasteiger partial charge in [-0.25, -0.2) is 14.6 Å². The van der Waals surface area contributed by atoms with Gasteiger partial charge in [-0.15, -0.1) is 0 Å². The molecule has 1 N–H and O–H groups in total. The maximum atomic E-state index is 12.2. The van der Waals surface area contributed by atoms with Crippen molar-refractivity contribution in [2.24, 2.45) is 0 Å². The summed E-state index contributed by atoms with van der Waals surface area (Å²) in [5, 5.41) is 7.08. The lowest BCUT2D eigenvalue weighted by atomic mass is 10.1. The molecule has 1 aliphatic heterocycles. The summed E-state index contributed by atoms with van der Waals surface area (Å²) in [7, 11) is 0. The Morgan fingerprint density at radius 2 is 2.21 bits per heavy atom. The van der Waals surface area contributed by atoms with Gasteiger partial charge in [0, 0.05) is 18.9 Å². The van der Waals surface area contributed by atoms with Crippen LogP contribution in [0, 0.1) is 6.92 Å². The minimum absolute atomic E-state index is 0.106. The average molecular weight is 258 g/mol. The van der Waals surface area contributed by atoms with E-state index in [0.717, 1.165) is 25.2 Å². The number of fused-ring (bicyclic) bond motifs is 1. The minimum Gasteiger partial charge on any atom is -0.341 e. The molecular formula is C12H14N6O. The van der Waals surface area contributed by atoms with E-state index in [0.29, 0.717) is 11.4 Å². The van der Waals surface area contributed by atoms with Gasteiger partial charge in [0.25, 0.3) is 5.91 Å². The number of aryl methyl sites for hydroxylation is 2. The third kappa shape index (κ3) is 2.18. The first-order valence-corrected chi connectivity index (χ1v) is 6.22. The predicted molar refractivity (Wildman–Crippen MR) is 66.2 cm³/mol. The molecule has 1 unspecified atom stereocenters. The number of aromatic nitrogens is 5. The molecule has 7 heteroatoms. The zero-order valence-corrected chi connectivity index (χ0v) is 10.6. The van der Waals surface area contributed by atoms with E-state index in [4.69, 9.17) is 0 Å². The second kappa shape index (κ2) is 4.75. The van der Waals surface area contributed by atoms with Gasteiger partial charge in [0.1, 0.15) is 17.8 Å². The number of nitrogens with zero attached hydrogens (tertiary/aromatic N) is 5. The first kappa shape index (κ1) is 11.8. The van der Waals surface area contributed by atoms with Crippen LogP contribution in [0.25, 0.3) is 0 Å². The maximum absolute atomic E-state index is 12.2. The molecule has 0 saturated carbocycles. The van der Waals surface area contributed by atoms with E-state index in [1.165, 1.54) is 12.5 Å². The van der Waals surface area contributed by atoms with E-state index in [9.17, 15) is 4.79 Å². The van der Waals surface area contributed by atoms with Crippen LogP contribution in [0.2, 0.25) is 0 Å². The standard InChI is InChI=1S/C12H14N6O/c1-8-10(14-5-4-13-8)12(19)17-9-3-2-6-18-11(9)15-7-16-18/h4-5,7,9H,2-3,6H2,1H3,(H,17,19). The van der Waals surface area contributed by atoms with Crippen molar-refractivity contribution in [2.75, 3.05) is 0 Å². The predicted octanol–water partition coefficient (Wildman–Crippen LogP) is 0.641. The molecule has 0 bridgehead atoms. The normalized spacial score (nSPS) is 17.8. The highest BCUT2D eigenvalue weighted by Gasteiger charge is 2.25. The van der Waals surface area contributed by atoms with Crippen LogP contribution in [-0.4, -0.2) is 30.6 Å². The monoisotopic (exact) mass is 258 g/mol. The highest BCUT2D eigenvalue weighted by Crippen LogP contribution is 2.22. The molecule has 3 rings (SSSR count). The van der Waals surface area contributed by atoms with Gasteiger partial charge >= 0.3 is 0 Å². The van der Waals surface area contributed by atoms with E-state index in [-0.39, 0.29) is 11.9 Å². The SMILES string of the molecule is Cc1nccnc1C(=O)NC1CCCn2ncnc21. The van der Waals surface area contributed by atoms with Crippen molar-refractivity contribution in [1.29, 1.82) is 0 Å². The fraction of sp³-hybridized carbons (Fsp3) is 0.417. The third-order valence-corrected chi connectivity index (χ3v) is 3.22. The Hall–Kier alpha value is -2.31. The molecule has 0 saturated heterocycles. The van der Waals surface area contributed by atoms with Crippen molar-refractivity contribution in [3.8, 4) is 0 Å². The van der Waals surface area contributed by atoms with E-state index in [1.54, 1.807) is 13.1 Å². The van der Waals surface area contributed by atoms with Crippen molar-refractivity contribution in [2.45, 2.75) is 32.4 Å². The van der Waals surface area contributed by atoms with Crippen LogP contribution < -0.4 is 5.32 Å². The Morgan fingerprint density at radius 3 is 3.05 bits per heavy atom. The highest BCUT2D eigenvalue weighted by atomic mass is 16.2. The summed E-state index contributed by atoms with van der Waals surface area (Å²) in [6.07, 6.45) is 6.45. The molecule has 1 amide bonds. The second-order valence-electron chi connectivity index (χ2n) is 4.50. The fourth-order valence-corrected chi connectivity index (χ4v) is 2.28. The lowest BCUT2D eigenvalue weighted by Crippen LogP contribution is -2.34. The Balaban J connectivity index is 1.80. The molecule has 0 spiro atoms. The molecule has 2 aromatic rings. The van der Waals surface area contributed by atoms with E-state index >= 15 is 0 Å². The van der Waals surface area contributed by atoms with E-state index in [2.05, 4.69) is 25.4 Å². The van der Waals surface area contributed by atoms with E-state index in [1.807, 2.05) is 4.68 Å². The maximum Gasteiger partial charge on any atom is 0.272 e. The number of carbonyl (C=O) groups is 1. The number of hydrogen-bond acceptors (Lipinski definition) is 5. The van der Waals surface area contributed by atoms with Gasteiger partial charge in [-0.05, 0) is 19.8 Å². The van der Waals surface area contributed by atoms with Crippen molar-refractivity contribution >= 4 is 5.91 Å². The first-order valence-electron chi connectivity index (χ1n) is 6.22. The van der Waals surface area contributed by atoms with Gasteiger partial charge in [-0.3, -0.25) is 9.78 Å². The van der Waals surface area contributed by atoms with Gasteiger partial charge in [0.2, 0.25) is 0 Å². The lowest BCUT2D eigenvalue weighted by molar-refractivity contribution is 0.0921. The topological polar surface area (TPSA) is 85.6 Å². The summed E-state index contributed by atoms with van der Waals surface area (Å²) in [6.45, 7) is 2.62. The molecular weight excluding hydrogens is 244 g/mol. The molecule has 0 radical (unpaired) electrons. The molecule has 1 aliphatic rings. The van der Waals surface area contributed by atoms with Crippen molar-refractivity contribution in [3.63, 3.8) is 0 Å². The zero-order valence-electron chi connectivity index (χ0n) is 10.6. The molecule has 19 heavy (non-hydrogen) atoms. The molecule has 98 valence electrons. The van der Waals surface area contributed by atoms with Crippen molar-refractivity contribution < 1.29 is 4.79 Å². The Kier molecular flexibility index (Phi) is 2.94. The Morgan fingerprint density at radius 1 is 1.37 bits per heavy atom. The minimum atomic E-state index is -0.216. The van der Waals surface area contributed by atoms with Gasteiger partial charge in [0.15, 0.2) is 0 Å². The number of amides is 1. The summed E-state index contributed by atoms with van der Waals surface area (Å²) < 4.78 is 1.83. The molecule has 1 atom stereocenters.